The number of nitrogens with zero attached hydrogens (tertiary/aromatic N) is 1. The van der Waals surface area contributed by atoms with E-state index < -0.39 is 26.9 Å². The van der Waals surface area contributed by atoms with Crippen molar-refractivity contribution >= 4 is 27.2 Å². The molecule has 0 radical (unpaired) electrons. The Balaban J connectivity index is 3.09. The molecule has 1 heterocycles. The molecule has 0 spiro atoms. The number of nitrogens with one attached hydrogen (secondary N) is 1. The van der Waals surface area contributed by atoms with Crippen molar-refractivity contribution in [2.75, 3.05) is 0 Å². The van der Waals surface area contributed by atoms with Gasteiger partial charge in [-0.2, -0.15) is 4.72 Å². The number of hydrogen-bond acceptors (Lipinski definition) is 4. The third kappa shape index (κ3) is 3.44. The monoisotopic (exact) mass is 291 g/mol. The van der Waals surface area contributed by atoms with E-state index in [1.165, 1.54) is 12.3 Å². The van der Waals surface area contributed by atoms with Gasteiger partial charge in [0.2, 0.25) is 5.03 Å². The zero-order chi connectivity index (χ0) is 13.9. The summed E-state index contributed by atoms with van der Waals surface area (Å²) in [4.78, 5) is 3.52. The molecule has 3 N–H and O–H groups in total. The minimum atomic E-state index is -4.08. The normalized spacial score (nSPS) is 13.6. The highest BCUT2D eigenvalue weighted by molar-refractivity contribution is 7.89. The summed E-state index contributed by atoms with van der Waals surface area (Å²) in [5.41, 5.74) is 5.45. The molecule has 0 aliphatic rings. The average Bonchev–Trinajstić information content (AvgIpc) is 2.25. The number of halogens is 1. The van der Waals surface area contributed by atoms with Crippen LogP contribution >= 0.6 is 12.2 Å². The van der Waals surface area contributed by atoms with E-state index in [1.54, 1.807) is 13.8 Å². The molecule has 1 aromatic heterocycles. The van der Waals surface area contributed by atoms with E-state index in [0.29, 0.717) is 0 Å². The van der Waals surface area contributed by atoms with Gasteiger partial charge in [-0.3, -0.25) is 0 Å². The average molecular weight is 291 g/mol. The van der Waals surface area contributed by atoms with Crippen LogP contribution in [0.5, 0.6) is 0 Å². The second-order valence-corrected chi connectivity index (χ2v) is 6.14. The Labute approximate surface area is 111 Å². The smallest absolute Gasteiger partial charge is 0.261 e. The molecular weight excluding hydrogens is 277 g/mol. The van der Waals surface area contributed by atoms with Crippen molar-refractivity contribution in [1.82, 2.24) is 9.71 Å². The topological polar surface area (TPSA) is 85.1 Å². The summed E-state index contributed by atoms with van der Waals surface area (Å²) in [6.45, 7) is 3.50. The van der Waals surface area contributed by atoms with Gasteiger partial charge in [0.25, 0.3) is 10.0 Å². The maximum Gasteiger partial charge on any atom is 0.261 e. The molecule has 0 aromatic carbocycles. The highest BCUT2D eigenvalue weighted by atomic mass is 32.2. The van der Waals surface area contributed by atoms with E-state index in [1.807, 2.05) is 0 Å². The third-order valence-electron chi connectivity index (χ3n) is 2.23. The van der Waals surface area contributed by atoms with Crippen LogP contribution in [0.3, 0.4) is 0 Å². The van der Waals surface area contributed by atoms with Crippen LogP contribution in [0.2, 0.25) is 0 Å². The van der Waals surface area contributed by atoms with Crippen molar-refractivity contribution in [3.05, 3.63) is 24.1 Å². The van der Waals surface area contributed by atoms with Gasteiger partial charge < -0.3 is 5.73 Å². The molecule has 100 valence electrons. The van der Waals surface area contributed by atoms with Crippen LogP contribution in [-0.2, 0) is 10.0 Å². The summed E-state index contributed by atoms with van der Waals surface area (Å²) in [5.74, 6) is -1.07. The number of aromatic nitrogens is 1. The third-order valence-corrected chi connectivity index (χ3v) is 3.86. The van der Waals surface area contributed by atoms with Gasteiger partial charge in [0.1, 0.15) is 0 Å². The van der Waals surface area contributed by atoms with Crippen LogP contribution in [0.4, 0.5) is 4.39 Å². The zero-order valence-corrected chi connectivity index (χ0v) is 11.6. The summed E-state index contributed by atoms with van der Waals surface area (Å²) >= 11 is 4.78. The number of hydrogen-bond donors (Lipinski definition) is 2. The fraction of sp³-hybridized carbons (Fsp3) is 0.400. The highest BCUT2D eigenvalue weighted by Gasteiger charge is 2.27. The summed E-state index contributed by atoms with van der Waals surface area (Å²) in [5, 5.41) is -0.660. The lowest BCUT2D eigenvalue weighted by atomic mass is 10.1. The van der Waals surface area contributed by atoms with Gasteiger partial charge >= 0.3 is 0 Å². The van der Waals surface area contributed by atoms with Crippen molar-refractivity contribution in [2.24, 2.45) is 11.7 Å². The molecule has 0 fully saturated rings. The van der Waals surface area contributed by atoms with Gasteiger partial charge in [0.05, 0.1) is 11.0 Å². The van der Waals surface area contributed by atoms with Crippen LogP contribution in [0.15, 0.2) is 23.4 Å². The van der Waals surface area contributed by atoms with Gasteiger partial charge in [0, 0.05) is 6.20 Å². The lowest BCUT2D eigenvalue weighted by molar-refractivity contribution is 0.512. The molecule has 1 unspecified atom stereocenters. The standard InChI is InChI=1S/C10H14FN3O2S2/c1-6(2)8(9(12)17)14-18(15,16)10-7(11)4-3-5-13-10/h3-6,8,14H,1-2H3,(H2,12,17). The van der Waals surface area contributed by atoms with Gasteiger partial charge in [-0.1, -0.05) is 26.1 Å². The molecule has 0 aliphatic carbocycles. The summed E-state index contributed by atoms with van der Waals surface area (Å²) in [7, 11) is -4.08. The zero-order valence-electron chi connectivity index (χ0n) is 9.92. The van der Waals surface area contributed by atoms with Gasteiger partial charge in [-0.15, -0.1) is 0 Å². The second kappa shape index (κ2) is 5.68. The molecule has 1 aromatic rings. The summed E-state index contributed by atoms with van der Waals surface area (Å²) in [6, 6.07) is 1.58. The second-order valence-electron chi connectivity index (χ2n) is 4.04. The number of thiocarbonyl (C=S) groups is 1. The fourth-order valence-corrected chi connectivity index (χ4v) is 3.09. The Morgan fingerprint density at radius 3 is 2.61 bits per heavy atom. The number of sulfonamides is 1. The Kier molecular flexibility index (Phi) is 4.71. The van der Waals surface area contributed by atoms with E-state index in [0.717, 1.165) is 6.07 Å². The van der Waals surface area contributed by atoms with E-state index in [9.17, 15) is 12.8 Å². The molecule has 18 heavy (non-hydrogen) atoms. The molecule has 0 saturated carbocycles. The quantitative estimate of drug-likeness (QED) is 0.784. The fourth-order valence-electron chi connectivity index (χ4n) is 1.31. The highest BCUT2D eigenvalue weighted by Crippen LogP contribution is 2.12. The first-order valence-electron chi connectivity index (χ1n) is 5.18. The molecule has 5 nitrogen and oxygen atoms in total. The molecule has 1 atom stereocenters. The predicted molar refractivity (Wildman–Crippen MR) is 69.9 cm³/mol. The number of pyridine rings is 1. The maximum absolute atomic E-state index is 13.4. The van der Waals surface area contributed by atoms with E-state index in [4.69, 9.17) is 18.0 Å². The Morgan fingerprint density at radius 2 is 2.17 bits per heavy atom. The van der Waals surface area contributed by atoms with Crippen molar-refractivity contribution in [2.45, 2.75) is 24.9 Å². The molecule has 0 saturated heterocycles. The van der Waals surface area contributed by atoms with Crippen LogP contribution < -0.4 is 10.5 Å². The van der Waals surface area contributed by atoms with Crippen molar-refractivity contribution in [1.29, 1.82) is 0 Å². The van der Waals surface area contributed by atoms with Crippen molar-refractivity contribution in [3.8, 4) is 0 Å². The van der Waals surface area contributed by atoms with Crippen LogP contribution in [0, 0.1) is 11.7 Å². The summed E-state index contributed by atoms with van der Waals surface area (Å²) in [6.07, 6.45) is 1.20. The first kappa shape index (κ1) is 14.9. The van der Waals surface area contributed by atoms with Crippen LogP contribution in [0.25, 0.3) is 0 Å². The van der Waals surface area contributed by atoms with E-state index in [2.05, 4.69) is 9.71 Å². The minimum Gasteiger partial charge on any atom is -0.392 e. The molecule has 0 amide bonds. The Hall–Kier alpha value is -1.12. The Bertz CT molecular complexity index is 546. The molecular formula is C10H14FN3O2S2. The van der Waals surface area contributed by atoms with Crippen molar-refractivity contribution < 1.29 is 12.8 Å². The SMILES string of the molecule is CC(C)C(NS(=O)(=O)c1ncccc1F)C(N)=S. The summed E-state index contributed by atoms with van der Waals surface area (Å²) < 4.78 is 39.5. The minimum absolute atomic E-state index is 0.00455. The number of rotatable bonds is 5. The molecule has 1 rings (SSSR count). The Morgan fingerprint density at radius 1 is 1.56 bits per heavy atom. The first-order valence-corrected chi connectivity index (χ1v) is 7.07. The lowest BCUT2D eigenvalue weighted by Gasteiger charge is -2.20. The molecule has 0 aliphatic heterocycles. The first-order chi connectivity index (χ1) is 8.25. The van der Waals surface area contributed by atoms with E-state index >= 15 is 0 Å². The lowest BCUT2D eigenvalue weighted by Crippen LogP contribution is -2.47. The molecule has 8 heteroatoms. The van der Waals surface area contributed by atoms with E-state index in [-0.39, 0.29) is 10.9 Å². The largest absolute Gasteiger partial charge is 0.392 e. The number of nitrogens with two attached hydrogens (primary N) is 1. The van der Waals surface area contributed by atoms with Gasteiger partial charge in [-0.05, 0) is 18.1 Å². The van der Waals surface area contributed by atoms with Gasteiger partial charge in [-0.25, -0.2) is 17.8 Å². The maximum atomic E-state index is 13.4. The predicted octanol–water partition coefficient (Wildman–Crippen LogP) is 0.810. The van der Waals surface area contributed by atoms with Crippen LogP contribution in [0.1, 0.15) is 13.8 Å². The molecule has 0 bridgehead atoms. The van der Waals surface area contributed by atoms with Crippen molar-refractivity contribution in [3.63, 3.8) is 0 Å². The van der Waals surface area contributed by atoms with Crippen LogP contribution in [-0.4, -0.2) is 24.4 Å². The van der Waals surface area contributed by atoms with Gasteiger partial charge in [0.15, 0.2) is 5.82 Å².